The van der Waals surface area contributed by atoms with Crippen LogP contribution < -0.4 is 11.3 Å². The Morgan fingerprint density at radius 2 is 2.11 bits per heavy atom. The number of aliphatic hydroxyl groups is 1. The SMILES string of the molecule is CCC(C(=O)NN)N(CCO)Cc1ccccc1. The zero-order valence-electron chi connectivity index (χ0n) is 10.7. The van der Waals surface area contributed by atoms with Crippen molar-refractivity contribution in [1.29, 1.82) is 0 Å². The fourth-order valence-corrected chi connectivity index (χ4v) is 2.00. The molecule has 1 atom stereocenters. The maximum atomic E-state index is 11.7. The van der Waals surface area contributed by atoms with Crippen LogP contribution in [0.1, 0.15) is 18.9 Å². The maximum Gasteiger partial charge on any atom is 0.251 e. The summed E-state index contributed by atoms with van der Waals surface area (Å²) in [5, 5.41) is 9.11. The van der Waals surface area contributed by atoms with Gasteiger partial charge in [0, 0.05) is 13.1 Å². The van der Waals surface area contributed by atoms with Crippen molar-refractivity contribution in [3.8, 4) is 0 Å². The van der Waals surface area contributed by atoms with Crippen molar-refractivity contribution in [1.82, 2.24) is 10.3 Å². The van der Waals surface area contributed by atoms with E-state index in [0.29, 0.717) is 19.5 Å². The predicted molar refractivity (Wildman–Crippen MR) is 70.3 cm³/mol. The number of hydrogen-bond donors (Lipinski definition) is 3. The topological polar surface area (TPSA) is 78.6 Å². The van der Waals surface area contributed by atoms with Gasteiger partial charge in [0.15, 0.2) is 0 Å². The average molecular weight is 251 g/mol. The van der Waals surface area contributed by atoms with E-state index < -0.39 is 0 Å². The number of carbonyl (C=O) groups excluding carboxylic acids is 1. The first kappa shape index (κ1) is 14.6. The monoisotopic (exact) mass is 251 g/mol. The summed E-state index contributed by atoms with van der Waals surface area (Å²) < 4.78 is 0. The number of hydrogen-bond acceptors (Lipinski definition) is 4. The summed E-state index contributed by atoms with van der Waals surface area (Å²) in [7, 11) is 0. The summed E-state index contributed by atoms with van der Waals surface area (Å²) in [5.41, 5.74) is 3.28. The molecule has 4 N–H and O–H groups in total. The summed E-state index contributed by atoms with van der Waals surface area (Å²) in [6.07, 6.45) is 0.649. The number of benzene rings is 1. The van der Waals surface area contributed by atoms with Gasteiger partial charge in [-0.25, -0.2) is 5.84 Å². The summed E-state index contributed by atoms with van der Waals surface area (Å²) in [4.78, 5) is 13.6. The third-order valence-corrected chi connectivity index (χ3v) is 2.89. The Hall–Kier alpha value is -1.43. The smallest absolute Gasteiger partial charge is 0.251 e. The Morgan fingerprint density at radius 3 is 2.61 bits per heavy atom. The highest BCUT2D eigenvalue weighted by Crippen LogP contribution is 2.10. The molecule has 0 spiro atoms. The molecule has 5 nitrogen and oxygen atoms in total. The molecule has 1 unspecified atom stereocenters. The van der Waals surface area contributed by atoms with Crippen molar-refractivity contribution in [2.24, 2.45) is 5.84 Å². The van der Waals surface area contributed by atoms with Crippen molar-refractivity contribution >= 4 is 5.91 Å². The summed E-state index contributed by atoms with van der Waals surface area (Å²) in [5.74, 6) is 4.97. The van der Waals surface area contributed by atoms with E-state index in [1.165, 1.54) is 0 Å². The molecule has 100 valence electrons. The van der Waals surface area contributed by atoms with Gasteiger partial charge in [-0.15, -0.1) is 0 Å². The van der Waals surface area contributed by atoms with Gasteiger partial charge in [-0.3, -0.25) is 15.1 Å². The molecule has 1 aromatic rings. The van der Waals surface area contributed by atoms with Gasteiger partial charge in [-0.05, 0) is 12.0 Å². The minimum absolute atomic E-state index is 0.0151. The Kier molecular flexibility index (Phi) is 6.35. The van der Waals surface area contributed by atoms with Gasteiger partial charge in [-0.2, -0.15) is 0 Å². The Labute approximate surface area is 108 Å². The van der Waals surface area contributed by atoms with Crippen LogP contribution in [0.3, 0.4) is 0 Å². The number of rotatable bonds is 7. The van der Waals surface area contributed by atoms with E-state index in [-0.39, 0.29) is 18.6 Å². The molecule has 0 radical (unpaired) electrons. The number of nitrogens with zero attached hydrogens (tertiary/aromatic N) is 1. The lowest BCUT2D eigenvalue weighted by Crippen LogP contribution is -2.49. The fourth-order valence-electron chi connectivity index (χ4n) is 2.00. The molecule has 0 heterocycles. The van der Waals surface area contributed by atoms with Crippen LogP contribution in [0.5, 0.6) is 0 Å². The Morgan fingerprint density at radius 1 is 1.44 bits per heavy atom. The molecule has 1 rings (SSSR count). The second-order valence-electron chi connectivity index (χ2n) is 4.11. The largest absolute Gasteiger partial charge is 0.395 e. The molecule has 1 aromatic carbocycles. The standard InChI is InChI=1S/C13H21N3O2/c1-2-12(13(18)15-14)16(8-9-17)10-11-6-4-3-5-7-11/h3-7,12,17H,2,8-10,14H2,1H3,(H,15,18). The first-order valence-electron chi connectivity index (χ1n) is 6.12. The van der Waals surface area contributed by atoms with Gasteiger partial charge >= 0.3 is 0 Å². The molecule has 1 amide bonds. The molecule has 0 aromatic heterocycles. The molecule has 5 heteroatoms. The summed E-state index contributed by atoms with van der Waals surface area (Å²) in [6, 6.07) is 9.54. The van der Waals surface area contributed by atoms with Crippen LogP contribution in [0.4, 0.5) is 0 Å². The van der Waals surface area contributed by atoms with E-state index in [9.17, 15) is 4.79 Å². The number of carbonyl (C=O) groups is 1. The molecular formula is C13H21N3O2. The third kappa shape index (κ3) is 4.10. The molecule has 0 aliphatic rings. The minimum atomic E-state index is -0.317. The van der Waals surface area contributed by atoms with Crippen molar-refractivity contribution in [2.45, 2.75) is 25.9 Å². The third-order valence-electron chi connectivity index (χ3n) is 2.89. The maximum absolute atomic E-state index is 11.7. The van der Waals surface area contributed by atoms with E-state index in [4.69, 9.17) is 10.9 Å². The van der Waals surface area contributed by atoms with Crippen LogP contribution >= 0.6 is 0 Å². The molecule has 0 aliphatic heterocycles. The number of nitrogens with two attached hydrogens (primary N) is 1. The molecule has 18 heavy (non-hydrogen) atoms. The highest BCUT2D eigenvalue weighted by atomic mass is 16.3. The predicted octanol–water partition coefficient (Wildman–Crippen LogP) is 0.249. The first-order chi connectivity index (χ1) is 8.72. The van der Waals surface area contributed by atoms with Crippen molar-refractivity contribution in [3.05, 3.63) is 35.9 Å². The van der Waals surface area contributed by atoms with Gasteiger partial charge in [0.1, 0.15) is 0 Å². The van der Waals surface area contributed by atoms with Crippen LogP contribution in [0, 0.1) is 0 Å². The molecule has 0 fully saturated rings. The van der Waals surface area contributed by atoms with Crippen molar-refractivity contribution < 1.29 is 9.90 Å². The molecule has 0 aliphatic carbocycles. The number of nitrogens with one attached hydrogen (secondary N) is 1. The van der Waals surface area contributed by atoms with E-state index >= 15 is 0 Å². The van der Waals surface area contributed by atoms with E-state index in [1.807, 2.05) is 42.2 Å². The van der Waals surface area contributed by atoms with Crippen LogP contribution in [-0.2, 0) is 11.3 Å². The molecule has 0 saturated carbocycles. The van der Waals surface area contributed by atoms with Gasteiger partial charge in [-0.1, -0.05) is 37.3 Å². The van der Waals surface area contributed by atoms with Gasteiger partial charge in [0.2, 0.25) is 0 Å². The minimum Gasteiger partial charge on any atom is -0.395 e. The van der Waals surface area contributed by atoms with Crippen LogP contribution in [0.2, 0.25) is 0 Å². The van der Waals surface area contributed by atoms with E-state index in [0.717, 1.165) is 5.56 Å². The molecule has 0 bridgehead atoms. The first-order valence-corrected chi connectivity index (χ1v) is 6.12. The molecular weight excluding hydrogens is 230 g/mol. The normalized spacial score (nSPS) is 12.4. The number of amides is 1. The highest BCUT2D eigenvalue weighted by Gasteiger charge is 2.23. The Balaban J connectivity index is 2.77. The molecule has 0 saturated heterocycles. The number of aliphatic hydroxyl groups excluding tert-OH is 1. The van der Waals surface area contributed by atoms with E-state index in [1.54, 1.807) is 0 Å². The van der Waals surface area contributed by atoms with Crippen LogP contribution in [0.25, 0.3) is 0 Å². The quantitative estimate of drug-likeness (QED) is 0.369. The zero-order chi connectivity index (χ0) is 13.4. The highest BCUT2D eigenvalue weighted by molar-refractivity contribution is 5.81. The summed E-state index contributed by atoms with van der Waals surface area (Å²) in [6.45, 7) is 3.00. The second kappa shape index (κ2) is 7.81. The van der Waals surface area contributed by atoms with Gasteiger partial charge in [0.05, 0.1) is 12.6 Å². The summed E-state index contributed by atoms with van der Waals surface area (Å²) >= 11 is 0. The number of hydrazine groups is 1. The average Bonchev–Trinajstić information content (AvgIpc) is 2.40. The lowest BCUT2D eigenvalue weighted by molar-refractivity contribution is -0.127. The Bertz CT molecular complexity index is 357. The van der Waals surface area contributed by atoms with Crippen LogP contribution in [0.15, 0.2) is 30.3 Å². The zero-order valence-corrected chi connectivity index (χ0v) is 10.7. The second-order valence-corrected chi connectivity index (χ2v) is 4.11. The van der Waals surface area contributed by atoms with Crippen LogP contribution in [-0.4, -0.2) is 35.1 Å². The van der Waals surface area contributed by atoms with Crippen molar-refractivity contribution in [2.75, 3.05) is 13.2 Å². The van der Waals surface area contributed by atoms with Gasteiger partial charge < -0.3 is 5.11 Å². The van der Waals surface area contributed by atoms with E-state index in [2.05, 4.69) is 5.43 Å². The lowest BCUT2D eigenvalue weighted by atomic mass is 10.1. The van der Waals surface area contributed by atoms with Gasteiger partial charge in [0.25, 0.3) is 5.91 Å². The fraction of sp³-hybridized carbons (Fsp3) is 0.462. The lowest BCUT2D eigenvalue weighted by Gasteiger charge is -2.29. The van der Waals surface area contributed by atoms with Crippen molar-refractivity contribution in [3.63, 3.8) is 0 Å².